The molecule has 0 bridgehead atoms. The summed E-state index contributed by atoms with van der Waals surface area (Å²) in [7, 11) is 1.47. The summed E-state index contributed by atoms with van der Waals surface area (Å²) in [5.74, 6) is 0.510. The number of benzene rings is 1. The molecule has 1 aromatic heterocycles. The number of methoxy groups -OCH3 is 1. The van der Waals surface area contributed by atoms with Gasteiger partial charge in [-0.05, 0) is 19.1 Å². The maximum atomic E-state index is 12.7. The number of aromatic nitrogens is 2. The Labute approximate surface area is 112 Å². The SMILES string of the molecule is COc1cccc(-n2nc(C(F)(F)F)c(C)c2Cl)c1. The molecular weight excluding hydrogens is 281 g/mol. The summed E-state index contributed by atoms with van der Waals surface area (Å²) in [6.45, 7) is 1.29. The van der Waals surface area contributed by atoms with Gasteiger partial charge in [0.25, 0.3) is 0 Å². The molecule has 0 aliphatic carbocycles. The molecular formula is C12H10ClF3N2O. The van der Waals surface area contributed by atoms with E-state index >= 15 is 0 Å². The van der Waals surface area contributed by atoms with Gasteiger partial charge in [-0.2, -0.15) is 18.3 Å². The maximum absolute atomic E-state index is 12.7. The van der Waals surface area contributed by atoms with E-state index < -0.39 is 11.9 Å². The number of nitrogens with zero attached hydrogens (tertiary/aromatic N) is 2. The predicted molar refractivity (Wildman–Crippen MR) is 64.9 cm³/mol. The van der Waals surface area contributed by atoms with Crippen LogP contribution in [0.3, 0.4) is 0 Å². The quantitative estimate of drug-likeness (QED) is 0.840. The van der Waals surface area contributed by atoms with Crippen molar-refractivity contribution < 1.29 is 17.9 Å². The monoisotopic (exact) mass is 290 g/mol. The fourth-order valence-electron chi connectivity index (χ4n) is 1.66. The lowest BCUT2D eigenvalue weighted by molar-refractivity contribution is -0.141. The number of halogens is 4. The molecule has 0 fully saturated rings. The fraction of sp³-hybridized carbons (Fsp3) is 0.250. The average Bonchev–Trinajstić information content (AvgIpc) is 2.66. The van der Waals surface area contributed by atoms with Gasteiger partial charge in [0.1, 0.15) is 10.9 Å². The normalized spacial score (nSPS) is 11.7. The summed E-state index contributed by atoms with van der Waals surface area (Å²) in [5.41, 5.74) is -0.680. The third kappa shape index (κ3) is 2.53. The van der Waals surface area contributed by atoms with Crippen molar-refractivity contribution in [2.24, 2.45) is 0 Å². The van der Waals surface area contributed by atoms with E-state index in [0.717, 1.165) is 4.68 Å². The van der Waals surface area contributed by atoms with Crippen LogP contribution in [0.5, 0.6) is 5.75 Å². The lowest BCUT2D eigenvalue weighted by atomic mass is 10.2. The number of alkyl halides is 3. The molecule has 19 heavy (non-hydrogen) atoms. The Hall–Kier alpha value is -1.69. The minimum Gasteiger partial charge on any atom is -0.497 e. The molecule has 0 amide bonds. The van der Waals surface area contributed by atoms with Gasteiger partial charge in [-0.3, -0.25) is 0 Å². The highest BCUT2D eigenvalue weighted by Crippen LogP contribution is 2.35. The van der Waals surface area contributed by atoms with Gasteiger partial charge in [-0.1, -0.05) is 17.7 Å². The zero-order valence-corrected chi connectivity index (χ0v) is 10.9. The van der Waals surface area contributed by atoms with Crippen molar-refractivity contribution in [1.29, 1.82) is 0 Å². The summed E-state index contributed by atoms with van der Waals surface area (Å²) in [6, 6.07) is 6.48. The number of rotatable bonds is 2. The smallest absolute Gasteiger partial charge is 0.435 e. The lowest BCUT2D eigenvalue weighted by Gasteiger charge is -2.05. The van der Waals surface area contributed by atoms with Crippen LogP contribution < -0.4 is 4.74 Å². The topological polar surface area (TPSA) is 27.1 Å². The van der Waals surface area contributed by atoms with Crippen LogP contribution in [0.1, 0.15) is 11.3 Å². The summed E-state index contributed by atoms with van der Waals surface area (Å²) < 4.78 is 44.3. The van der Waals surface area contributed by atoms with Crippen LogP contribution in [-0.2, 0) is 6.18 Å². The van der Waals surface area contributed by atoms with Crippen LogP contribution in [0.2, 0.25) is 5.15 Å². The molecule has 2 rings (SSSR count). The molecule has 0 spiro atoms. The van der Waals surface area contributed by atoms with E-state index in [1.165, 1.54) is 14.0 Å². The van der Waals surface area contributed by atoms with E-state index in [4.69, 9.17) is 16.3 Å². The third-order valence-electron chi connectivity index (χ3n) is 2.62. The van der Waals surface area contributed by atoms with Crippen molar-refractivity contribution in [1.82, 2.24) is 9.78 Å². The second-order valence-corrected chi connectivity index (χ2v) is 4.23. The molecule has 0 radical (unpaired) electrons. The van der Waals surface area contributed by atoms with Crippen LogP contribution in [-0.4, -0.2) is 16.9 Å². The molecule has 7 heteroatoms. The first kappa shape index (κ1) is 13.7. The van der Waals surface area contributed by atoms with Gasteiger partial charge in [-0.15, -0.1) is 0 Å². The second kappa shape index (κ2) is 4.77. The van der Waals surface area contributed by atoms with E-state index in [-0.39, 0.29) is 10.7 Å². The molecule has 0 aliphatic rings. The van der Waals surface area contributed by atoms with E-state index in [0.29, 0.717) is 11.4 Å². The van der Waals surface area contributed by atoms with E-state index in [1.54, 1.807) is 24.3 Å². The van der Waals surface area contributed by atoms with Crippen molar-refractivity contribution in [2.75, 3.05) is 7.11 Å². The van der Waals surface area contributed by atoms with Gasteiger partial charge in [0.15, 0.2) is 5.69 Å². The Bertz CT molecular complexity index is 608. The first-order valence-electron chi connectivity index (χ1n) is 5.31. The summed E-state index contributed by atoms with van der Waals surface area (Å²) >= 11 is 5.91. The van der Waals surface area contributed by atoms with Crippen LogP contribution in [0, 0.1) is 6.92 Å². The van der Waals surface area contributed by atoms with Crippen molar-refractivity contribution in [3.05, 3.63) is 40.7 Å². The van der Waals surface area contributed by atoms with E-state index in [9.17, 15) is 13.2 Å². The maximum Gasteiger partial charge on any atom is 0.435 e. The Morgan fingerprint density at radius 3 is 2.53 bits per heavy atom. The predicted octanol–water partition coefficient (Wildman–Crippen LogP) is 3.86. The Balaban J connectivity index is 2.57. The molecule has 1 aromatic carbocycles. The minimum absolute atomic E-state index is 0.0689. The van der Waals surface area contributed by atoms with Gasteiger partial charge in [-0.25, -0.2) is 4.68 Å². The fourth-order valence-corrected chi connectivity index (χ4v) is 1.88. The number of hydrogen-bond donors (Lipinski definition) is 0. The highest BCUT2D eigenvalue weighted by atomic mass is 35.5. The second-order valence-electron chi connectivity index (χ2n) is 3.88. The lowest BCUT2D eigenvalue weighted by Crippen LogP contribution is -2.08. The zero-order chi connectivity index (χ0) is 14.2. The molecule has 0 N–H and O–H groups in total. The first-order chi connectivity index (χ1) is 8.84. The van der Waals surface area contributed by atoms with Gasteiger partial charge < -0.3 is 4.74 Å². The van der Waals surface area contributed by atoms with Crippen molar-refractivity contribution in [2.45, 2.75) is 13.1 Å². The van der Waals surface area contributed by atoms with Gasteiger partial charge in [0.05, 0.1) is 12.8 Å². The van der Waals surface area contributed by atoms with Gasteiger partial charge >= 0.3 is 6.18 Å². The Morgan fingerprint density at radius 1 is 1.32 bits per heavy atom. The minimum atomic E-state index is -4.53. The first-order valence-corrected chi connectivity index (χ1v) is 5.69. The zero-order valence-electron chi connectivity index (χ0n) is 10.1. The molecule has 0 saturated heterocycles. The van der Waals surface area contributed by atoms with Crippen LogP contribution in [0.15, 0.2) is 24.3 Å². The molecule has 102 valence electrons. The largest absolute Gasteiger partial charge is 0.497 e. The Kier molecular flexibility index (Phi) is 3.45. The average molecular weight is 291 g/mol. The molecule has 3 nitrogen and oxygen atoms in total. The van der Waals surface area contributed by atoms with Crippen molar-refractivity contribution in [3.8, 4) is 11.4 Å². The van der Waals surface area contributed by atoms with Crippen molar-refractivity contribution in [3.63, 3.8) is 0 Å². The summed E-state index contributed by atoms with van der Waals surface area (Å²) in [5, 5.41) is 3.46. The van der Waals surface area contributed by atoms with Crippen LogP contribution in [0.4, 0.5) is 13.2 Å². The molecule has 0 atom stereocenters. The molecule has 0 saturated carbocycles. The van der Waals surface area contributed by atoms with Crippen LogP contribution in [0.25, 0.3) is 5.69 Å². The number of ether oxygens (including phenoxy) is 1. The van der Waals surface area contributed by atoms with E-state index in [1.807, 2.05) is 0 Å². The van der Waals surface area contributed by atoms with E-state index in [2.05, 4.69) is 5.10 Å². The van der Waals surface area contributed by atoms with Crippen molar-refractivity contribution >= 4 is 11.6 Å². The Morgan fingerprint density at radius 2 is 2.00 bits per heavy atom. The molecule has 0 unspecified atom stereocenters. The summed E-state index contributed by atoms with van der Waals surface area (Å²) in [4.78, 5) is 0. The molecule has 1 heterocycles. The summed E-state index contributed by atoms with van der Waals surface area (Å²) in [6.07, 6.45) is -4.53. The van der Waals surface area contributed by atoms with Gasteiger partial charge in [0.2, 0.25) is 0 Å². The highest BCUT2D eigenvalue weighted by molar-refractivity contribution is 6.30. The standard InChI is InChI=1S/C12H10ClF3N2O/c1-7-10(12(14,15)16)17-18(11(7)13)8-4-3-5-9(6-8)19-2/h3-6H,1-2H3. The number of hydrogen-bond acceptors (Lipinski definition) is 2. The highest BCUT2D eigenvalue weighted by Gasteiger charge is 2.37. The molecule has 2 aromatic rings. The van der Waals surface area contributed by atoms with Gasteiger partial charge in [0, 0.05) is 11.6 Å². The molecule has 0 aliphatic heterocycles. The van der Waals surface area contributed by atoms with Crippen LogP contribution >= 0.6 is 11.6 Å². The third-order valence-corrected chi connectivity index (χ3v) is 3.06.